The Kier molecular flexibility index (Phi) is 4.64. The molecule has 1 aromatic rings. The first-order valence-electron chi connectivity index (χ1n) is 5.45. The van der Waals surface area contributed by atoms with Crippen LogP contribution in [0.25, 0.3) is 0 Å². The van der Waals surface area contributed by atoms with Crippen LogP contribution in [0.4, 0.5) is 5.69 Å². The number of hydrogen-bond donors (Lipinski definition) is 2. The lowest BCUT2D eigenvalue weighted by Gasteiger charge is -2.09. The fourth-order valence-corrected chi connectivity index (χ4v) is 1.34. The van der Waals surface area contributed by atoms with Gasteiger partial charge in [-0.1, -0.05) is 13.0 Å². The highest BCUT2D eigenvalue weighted by Crippen LogP contribution is 2.22. The minimum Gasteiger partial charge on any atom is -0.482 e. The van der Waals surface area contributed by atoms with Gasteiger partial charge < -0.3 is 15.8 Å². The summed E-state index contributed by atoms with van der Waals surface area (Å²) in [5.41, 5.74) is 7.53. The summed E-state index contributed by atoms with van der Waals surface area (Å²) >= 11 is 0. The predicted octanol–water partition coefficient (Wildman–Crippen LogP) is 1.35. The molecule has 3 N–H and O–H groups in total. The Morgan fingerprint density at radius 1 is 1.44 bits per heavy atom. The molecule has 0 bridgehead atoms. The molecule has 1 amide bonds. The zero-order valence-corrected chi connectivity index (χ0v) is 9.75. The van der Waals surface area contributed by atoms with Gasteiger partial charge in [0, 0.05) is 6.54 Å². The summed E-state index contributed by atoms with van der Waals surface area (Å²) in [4.78, 5) is 11.2. The molecular weight excluding hydrogens is 204 g/mol. The van der Waals surface area contributed by atoms with Crippen LogP contribution in [0.5, 0.6) is 5.75 Å². The van der Waals surface area contributed by atoms with Crippen molar-refractivity contribution >= 4 is 11.6 Å². The van der Waals surface area contributed by atoms with Crippen LogP contribution in [0.2, 0.25) is 0 Å². The third-order valence-corrected chi connectivity index (χ3v) is 2.22. The molecule has 4 nitrogen and oxygen atoms in total. The quantitative estimate of drug-likeness (QED) is 0.739. The van der Waals surface area contributed by atoms with Crippen LogP contribution in [-0.4, -0.2) is 19.1 Å². The van der Waals surface area contributed by atoms with Gasteiger partial charge >= 0.3 is 0 Å². The van der Waals surface area contributed by atoms with Crippen molar-refractivity contribution in [2.45, 2.75) is 20.3 Å². The Bertz CT molecular complexity index is 364. The van der Waals surface area contributed by atoms with E-state index < -0.39 is 0 Å². The van der Waals surface area contributed by atoms with Crippen LogP contribution in [-0.2, 0) is 11.2 Å². The van der Waals surface area contributed by atoms with Gasteiger partial charge in [-0.2, -0.15) is 0 Å². The molecule has 0 saturated carbocycles. The summed E-state index contributed by atoms with van der Waals surface area (Å²) in [5.74, 6) is 0.421. The summed E-state index contributed by atoms with van der Waals surface area (Å²) in [6, 6.07) is 5.61. The summed E-state index contributed by atoms with van der Waals surface area (Å²) in [6.45, 7) is 4.53. The van der Waals surface area contributed by atoms with E-state index in [1.807, 2.05) is 19.1 Å². The summed E-state index contributed by atoms with van der Waals surface area (Å²) in [7, 11) is 0. The third-order valence-electron chi connectivity index (χ3n) is 2.22. The van der Waals surface area contributed by atoms with Crippen LogP contribution in [0.1, 0.15) is 19.4 Å². The normalized spacial score (nSPS) is 9.88. The predicted molar refractivity (Wildman–Crippen MR) is 64.4 cm³/mol. The number of carbonyl (C=O) groups is 1. The topological polar surface area (TPSA) is 64.3 Å². The Hall–Kier alpha value is -1.71. The first-order chi connectivity index (χ1) is 7.67. The number of nitrogen functional groups attached to an aromatic ring is 1. The molecule has 0 aliphatic heterocycles. The smallest absolute Gasteiger partial charge is 0.257 e. The number of hydrogen-bond acceptors (Lipinski definition) is 3. The Labute approximate surface area is 95.8 Å². The Morgan fingerprint density at radius 3 is 2.75 bits per heavy atom. The second kappa shape index (κ2) is 6.00. The maximum Gasteiger partial charge on any atom is 0.257 e. The van der Waals surface area contributed by atoms with Gasteiger partial charge in [0.15, 0.2) is 6.61 Å². The van der Waals surface area contributed by atoms with Crippen LogP contribution in [0, 0.1) is 0 Å². The van der Waals surface area contributed by atoms with E-state index in [0.29, 0.717) is 18.0 Å². The summed E-state index contributed by atoms with van der Waals surface area (Å²) < 4.78 is 5.31. The van der Waals surface area contributed by atoms with Gasteiger partial charge in [0.25, 0.3) is 5.91 Å². The molecule has 4 heteroatoms. The van der Waals surface area contributed by atoms with Gasteiger partial charge in [0.05, 0.1) is 5.69 Å². The van der Waals surface area contributed by atoms with Gasteiger partial charge in [-0.15, -0.1) is 0 Å². The fraction of sp³-hybridized carbons (Fsp3) is 0.417. The number of benzene rings is 1. The van der Waals surface area contributed by atoms with Crippen molar-refractivity contribution in [1.82, 2.24) is 5.32 Å². The highest BCUT2D eigenvalue weighted by atomic mass is 16.5. The summed E-state index contributed by atoms with van der Waals surface area (Å²) in [5, 5.41) is 2.65. The molecule has 0 aliphatic carbocycles. The van der Waals surface area contributed by atoms with Crippen molar-refractivity contribution < 1.29 is 9.53 Å². The molecule has 16 heavy (non-hydrogen) atoms. The number of aryl methyl sites for hydroxylation is 1. The van der Waals surface area contributed by atoms with E-state index in [4.69, 9.17) is 10.5 Å². The van der Waals surface area contributed by atoms with Crippen molar-refractivity contribution in [2.24, 2.45) is 0 Å². The molecule has 0 radical (unpaired) electrons. The van der Waals surface area contributed by atoms with E-state index >= 15 is 0 Å². The van der Waals surface area contributed by atoms with Crippen LogP contribution in [0.3, 0.4) is 0 Å². The minimum absolute atomic E-state index is 0.00348. The molecule has 0 atom stereocenters. The first-order valence-corrected chi connectivity index (χ1v) is 5.45. The lowest BCUT2D eigenvalue weighted by molar-refractivity contribution is -0.122. The Morgan fingerprint density at radius 2 is 2.19 bits per heavy atom. The zero-order valence-electron chi connectivity index (χ0n) is 9.75. The van der Waals surface area contributed by atoms with Gasteiger partial charge in [0.2, 0.25) is 0 Å². The number of nitrogens with one attached hydrogen (secondary N) is 1. The van der Waals surface area contributed by atoms with E-state index in [1.54, 1.807) is 6.07 Å². The van der Waals surface area contributed by atoms with Gasteiger partial charge in [0.1, 0.15) is 5.75 Å². The van der Waals surface area contributed by atoms with Gasteiger partial charge in [-0.25, -0.2) is 0 Å². The lowest BCUT2D eigenvalue weighted by Crippen LogP contribution is -2.28. The zero-order chi connectivity index (χ0) is 12.0. The monoisotopic (exact) mass is 222 g/mol. The minimum atomic E-state index is -0.138. The molecular formula is C12H18N2O2. The van der Waals surface area contributed by atoms with Crippen molar-refractivity contribution in [1.29, 1.82) is 0 Å². The molecule has 0 aromatic heterocycles. The largest absolute Gasteiger partial charge is 0.482 e. The van der Waals surface area contributed by atoms with E-state index in [0.717, 1.165) is 12.0 Å². The van der Waals surface area contributed by atoms with Crippen LogP contribution >= 0.6 is 0 Å². The number of amides is 1. The van der Waals surface area contributed by atoms with Crippen molar-refractivity contribution in [3.63, 3.8) is 0 Å². The molecule has 0 saturated heterocycles. The highest BCUT2D eigenvalue weighted by molar-refractivity contribution is 5.77. The van der Waals surface area contributed by atoms with Crippen molar-refractivity contribution in [2.75, 3.05) is 18.9 Å². The fourth-order valence-electron chi connectivity index (χ4n) is 1.34. The average Bonchev–Trinajstić information content (AvgIpc) is 2.27. The van der Waals surface area contributed by atoms with Crippen molar-refractivity contribution in [3.05, 3.63) is 23.8 Å². The van der Waals surface area contributed by atoms with E-state index in [2.05, 4.69) is 12.2 Å². The first kappa shape index (κ1) is 12.4. The van der Waals surface area contributed by atoms with Crippen LogP contribution < -0.4 is 15.8 Å². The number of ether oxygens (including phenoxy) is 1. The molecule has 0 heterocycles. The molecule has 88 valence electrons. The van der Waals surface area contributed by atoms with E-state index in [1.165, 1.54) is 0 Å². The second-order valence-electron chi connectivity index (χ2n) is 3.47. The average molecular weight is 222 g/mol. The number of anilines is 1. The van der Waals surface area contributed by atoms with E-state index in [9.17, 15) is 4.79 Å². The number of nitrogens with two attached hydrogens (primary N) is 1. The number of likely N-dealkylation sites (N-methyl/N-ethyl adjacent to an activating group) is 1. The molecule has 0 fully saturated rings. The molecule has 0 spiro atoms. The summed E-state index contributed by atoms with van der Waals surface area (Å²) in [6.07, 6.45) is 0.931. The molecule has 1 aromatic carbocycles. The number of carbonyl (C=O) groups excluding carboxylic acids is 1. The SMILES string of the molecule is CCNC(=O)COc1ccc(CC)cc1N. The van der Waals surface area contributed by atoms with Crippen molar-refractivity contribution in [3.8, 4) is 5.75 Å². The van der Waals surface area contributed by atoms with Crippen LogP contribution in [0.15, 0.2) is 18.2 Å². The molecule has 0 aliphatic rings. The van der Waals surface area contributed by atoms with Gasteiger partial charge in [-0.3, -0.25) is 4.79 Å². The Balaban J connectivity index is 2.57. The highest BCUT2D eigenvalue weighted by Gasteiger charge is 2.04. The maximum atomic E-state index is 11.2. The van der Waals surface area contributed by atoms with E-state index in [-0.39, 0.29) is 12.5 Å². The molecule has 1 rings (SSSR count). The third kappa shape index (κ3) is 3.46. The standard InChI is InChI=1S/C12H18N2O2/c1-3-9-5-6-11(10(13)7-9)16-8-12(15)14-4-2/h5-7H,3-4,8,13H2,1-2H3,(H,14,15). The maximum absolute atomic E-state index is 11.2. The lowest BCUT2D eigenvalue weighted by atomic mass is 10.1. The molecule has 0 unspecified atom stereocenters. The number of rotatable bonds is 5. The second-order valence-corrected chi connectivity index (χ2v) is 3.47. The van der Waals surface area contributed by atoms with Gasteiger partial charge in [-0.05, 0) is 31.0 Å².